The van der Waals surface area contributed by atoms with Crippen LogP contribution in [0.2, 0.25) is 0 Å². The Labute approximate surface area is 89.9 Å². The Hall–Kier alpha value is -0.620. The lowest BCUT2D eigenvalue weighted by atomic mass is 10.1. The molecule has 0 aromatic carbocycles. The minimum Gasteiger partial charge on any atom is -0.496 e. The van der Waals surface area contributed by atoms with Crippen LogP contribution in [0.1, 0.15) is 6.92 Å². The molecule has 0 saturated heterocycles. The van der Waals surface area contributed by atoms with Crippen molar-refractivity contribution in [3.63, 3.8) is 0 Å². The first-order valence-corrected chi connectivity index (χ1v) is 4.82. The van der Waals surface area contributed by atoms with Gasteiger partial charge in [-0.05, 0) is 13.0 Å². The summed E-state index contributed by atoms with van der Waals surface area (Å²) in [6.45, 7) is 2.38. The van der Waals surface area contributed by atoms with Gasteiger partial charge in [-0.1, -0.05) is 0 Å². The molecule has 0 unspecified atom stereocenters. The van der Waals surface area contributed by atoms with Crippen LogP contribution >= 0.6 is 0 Å². The Morgan fingerprint density at radius 2 is 1.80 bits per heavy atom. The van der Waals surface area contributed by atoms with Gasteiger partial charge in [-0.3, -0.25) is 0 Å². The second-order valence-corrected chi connectivity index (χ2v) is 3.25. The van der Waals surface area contributed by atoms with Gasteiger partial charge in [0.15, 0.2) is 0 Å². The van der Waals surface area contributed by atoms with Crippen LogP contribution in [0.5, 0.6) is 0 Å². The lowest BCUT2D eigenvalue weighted by molar-refractivity contribution is -0.178. The van der Waals surface area contributed by atoms with Gasteiger partial charge in [0.2, 0.25) is 0 Å². The van der Waals surface area contributed by atoms with E-state index in [0.717, 1.165) is 0 Å². The standard InChI is InChI=1S/C10H18O5/c1-8-10(15-7-12-3)9(4-5-13-8)14-6-11-2/h4-5,8-10H,6-7H2,1-3H3/t8-,9-,10-/m1/s1. The van der Waals surface area contributed by atoms with E-state index < -0.39 is 0 Å². The molecule has 0 aliphatic carbocycles. The predicted molar refractivity (Wildman–Crippen MR) is 53.2 cm³/mol. The van der Waals surface area contributed by atoms with Gasteiger partial charge in [0, 0.05) is 14.2 Å². The molecule has 0 aromatic rings. The summed E-state index contributed by atoms with van der Waals surface area (Å²) in [5, 5.41) is 0. The molecule has 0 radical (unpaired) electrons. The molecule has 0 spiro atoms. The van der Waals surface area contributed by atoms with E-state index in [-0.39, 0.29) is 31.9 Å². The number of ether oxygens (including phenoxy) is 5. The molecular weight excluding hydrogens is 200 g/mol. The summed E-state index contributed by atoms with van der Waals surface area (Å²) in [7, 11) is 3.16. The average Bonchev–Trinajstić information content (AvgIpc) is 2.25. The Morgan fingerprint density at radius 3 is 2.47 bits per heavy atom. The van der Waals surface area contributed by atoms with Crippen LogP contribution in [0.15, 0.2) is 12.3 Å². The maximum atomic E-state index is 5.48. The van der Waals surface area contributed by atoms with E-state index in [1.165, 1.54) is 0 Å². The molecule has 0 saturated carbocycles. The maximum Gasteiger partial charge on any atom is 0.147 e. The molecular formula is C10H18O5. The monoisotopic (exact) mass is 218 g/mol. The molecule has 0 fully saturated rings. The fourth-order valence-corrected chi connectivity index (χ4v) is 1.37. The van der Waals surface area contributed by atoms with Gasteiger partial charge in [0.05, 0.1) is 6.26 Å². The van der Waals surface area contributed by atoms with Crippen molar-refractivity contribution in [2.45, 2.75) is 25.2 Å². The molecule has 1 rings (SSSR count). The van der Waals surface area contributed by atoms with Gasteiger partial charge in [-0.15, -0.1) is 0 Å². The number of hydrogen-bond acceptors (Lipinski definition) is 5. The van der Waals surface area contributed by atoms with Crippen molar-refractivity contribution < 1.29 is 23.7 Å². The smallest absolute Gasteiger partial charge is 0.147 e. The highest BCUT2D eigenvalue weighted by Crippen LogP contribution is 2.18. The summed E-state index contributed by atoms with van der Waals surface area (Å²) in [6.07, 6.45) is 3.03. The number of hydrogen-bond donors (Lipinski definition) is 0. The van der Waals surface area contributed by atoms with Crippen LogP contribution in [0, 0.1) is 0 Å². The van der Waals surface area contributed by atoms with Crippen LogP contribution in [0.25, 0.3) is 0 Å². The van der Waals surface area contributed by atoms with E-state index in [9.17, 15) is 0 Å². The van der Waals surface area contributed by atoms with Crippen LogP contribution in [0.3, 0.4) is 0 Å². The predicted octanol–water partition coefficient (Wildman–Crippen LogP) is 0.897. The fourth-order valence-electron chi connectivity index (χ4n) is 1.37. The molecule has 3 atom stereocenters. The van der Waals surface area contributed by atoms with Gasteiger partial charge in [-0.2, -0.15) is 0 Å². The Bertz CT molecular complexity index is 194. The van der Waals surface area contributed by atoms with Crippen LogP contribution in [0.4, 0.5) is 0 Å². The molecule has 5 nitrogen and oxygen atoms in total. The first-order chi connectivity index (χ1) is 7.29. The molecule has 5 heteroatoms. The van der Waals surface area contributed by atoms with E-state index in [0.29, 0.717) is 0 Å². The zero-order valence-electron chi connectivity index (χ0n) is 9.34. The van der Waals surface area contributed by atoms with Gasteiger partial charge in [0.1, 0.15) is 31.9 Å². The summed E-state index contributed by atoms with van der Waals surface area (Å²) in [5.74, 6) is 0. The molecule has 0 amide bonds. The molecule has 88 valence electrons. The number of rotatable bonds is 6. The average molecular weight is 218 g/mol. The molecule has 1 heterocycles. The van der Waals surface area contributed by atoms with Gasteiger partial charge < -0.3 is 23.7 Å². The van der Waals surface area contributed by atoms with Gasteiger partial charge in [0.25, 0.3) is 0 Å². The van der Waals surface area contributed by atoms with Crippen molar-refractivity contribution >= 4 is 0 Å². The van der Waals surface area contributed by atoms with Crippen LogP contribution in [-0.2, 0) is 23.7 Å². The number of methoxy groups -OCH3 is 2. The minimum absolute atomic E-state index is 0.0630. The van der Waals surface area contributed by atoms with Crippen LogP contribution < -0.4 is 0 Å². The normalized spacial score (nSPS) is 30.2. The zero-order chi connectivity index (χ0) is 11.1. The lowest BCUT2D eigenvalue weighted by Gasteiger charge is -2.32. The van der Waals surface area contributed by atoms with Gasteiger partial charge in [-0.25, -0.2) is 0 Å². The molecule has 0 bridgehead atoms. The molecule has 1 aliphatic heterocycles. The first kappa shape index (κ1) is 12.4. The summed E-state index contributed by atoms with van der Waals surface area (Å²) in [4.78, 5) is 0. The zero-order valence-corrected chi connectivity index (χ0v) is 9.34. The lowest BCUT2D eigenvalue weighted by Crippen LogP contribution is -2.42. The van der Waals surface area contributed by atoms with E-state index >= 15 is 0 Å². The highest BCUT2D eigenvalue weighted by atomic mass is 16.7. The fraction of sp³-hybridized carbons (Fsp3) is 0.800. The third-order valence-electron chi connectivity index (χ3n) is 2.10. The van der Waals surface area contributed by atoms with Crippen molar-refractivity contribution in [1.82, 2.24) is 0 Å². The third kappa shape index (κ3) is 3.79. The molecule has 1 aliphatic rings. The van der Waals surface area contributed by atoms with Gasteiger partial charge >= 0.3 is 0 Å². The third-order valence-corrected chi connectivity index (χ3v) is 2.10. The Kier molecular flexibility index (Phi) is 5.63. The van der Waals surface area contributed by atoms with Crippen LogP contribution in [-0.4, -0.2) is 46.1 Å². The largest absolute Gasteiger partial charge is 0.496 e. The first-order valence-electron chi connectivity index (χ1n) is 4.82. The van der Waals surface area contributed by atoms with Crippen molar-refractivity contribution in [2.24, 2.45) is 0 Å². The summed E-state index contributed by atoms with van der Waals surface area (Å²) in [6, 6.07) is 0. The van der Waals surface area contributed by atoms with E-state index in [4.69, 9.17) is 23.7 Å². The molecule has 0 N–H and O–H groups in total. The quantitative estimate of drug-likeness (QED) is 0.620. The Balaban J connectivity index is 2.47. The highest BCUT2D eigenvalue weighted by Gasteiger charge is 2.30. The van der Waals surface area contributed by atoms with E-state index in [1.54, 1.807) is 26.6 Å². The summed E-state index contributed by atoms with van der Waals surface area (Å²) < 4.78 is 25.9. The maximum absolute atomic E-state index is 5.48. The SMILES string of the molecule is COCO[C@@H]1[C@@H](C)OC=C[C@H]1OCOC. The van der Waals surface area contributed by atoms with E-state index in [1.807, 2.05) is 6.92 Å². The second kappa shape index (κ2) is 6.79. The minimum atomic E-state index is -0.176. The topological polar surface area (TPSA) is 46.2 Å². The highest BCUT2D eigenvalue weighted by molar-refractivity contribution is 4.97. The second-order valence-electron chi connectivity index (χ2n) is 3.25. The Morgan fingerprint density at radius 1 is 1.13 bits per heavy atom. The van der Waals surface area contributed by atoms with Crippen molar-refractivity contribution in [1.29, 1.82) is 0 Å². The summed E-state index contributed by atoms with van der Waals surface area (Å²) in [5.41, 5.74) is 0. The molecule has 15 heavy (non-hydrogen) atoms. The van der Waals surface area contributed by atoms with Crippen molar-refractivity contribution in [3.05, 3.63) is 12.3 Å². The molecule has 0 aromatic heterocycles. The summed E-state index contributed by atoms with van der Waals surface area (Å²) >= 11 is 0. The van der Waals surface area contributed by atoms with Crippen molar-refractivity contribution in [2.75, 3.05) is 27.8 Å². The van der Waals surface area contributed by atoms with Crippen molar-refractivity contribution in [3.8, 4) is 0 Å². The van der Waals surface area contributed by atoms with E-state index in [2.05, 4.69) is 0 Å².